The van der Waals surface area contributed by atoms with E-state index in [2.05, 4.69) is 20.7 Å². The molecule has 0 saturated carbocycles. The first kappa shape index (κ1) is 15.3. The van der Waals surface area contributed by atoms with Gasteiger partial charge in [0.05, 0.1) is 18.2 Å². The maximum Gasteiger partial charge on any atom is 0.289 e. The highest BCUT2D eigenvalue weighted by molar-refractivity contribution is 6.35. The van der Waals surface area contributed by atoms with Crippen LogP contribution in [0, 0.1) is 0 Å². The van der Waals surface area contributed by atoms with E-state index in [0.717, 1.165) is 0 Å². The largest absolute Gasteiger partial charge is 0.463 e. The minimum absolute atomic E-state index is 0.257. The highest BCUT2D eigenvalue weighted by Crippen LogP contribution is 2.26. The number of carbonyl (C=O) groups is 1. The van der Waals surface area contributed by atoms with Crippen LogP contribution in [0.15, 0.2) is 52.2 Å². The average molecular weight is 349 g/mol. The molecular weight excluding hydrogens is 339 g/mol. The van der Waals surface area contributed by atoms with E-state index in [1.54, 1.807) is 36.4 Å². The number of nitrogens with zero attached hydrogens (tertiary/aromatic N) is 2. The maximum atomic E-state index is 12.0. The van der Waals surface area contributed by atoms with Gasteiger partial charge < -0.3 is 4.42 Å². The van der Waals surface area contributed by atoms with Crippen LogP contribution in [0.1, 0.15) is 16.2 Å². The summed E-state index contributed by atoms with van der Waals surface area (Å²) >= 11 is 11.9. The molecule has 23 heavy (non-hydrogen) atoms. The fourth-order valence-electron chi connectivity index (χ4n) is 1.87. The number of rotatable bonds is 4. The Hall–Kier alpha value is -2.57. The number of hydrogen-bond acceptors (Lipinski definition) is 4. The van der Waals surface area contributed by atoms with Gasteiger partial charge in [0.2, 0.25) is 0 Å². The Balaban J connectivity index is 1.72. The molecule has 0 aliphatic carbocycles. The first-order chi connectivity index (χ1) is 11.1. The fraction of sp³-hybridized carbons (Fsp3) is 0. The van der Waals surface area contributed by atoms with E-state index in [1.807, 2.05) is 0 Å². The Labute approximate surface area is 141 Å². The molecule has 116 valence electrons. The SMILES string of the molecule is O=C(NN=Cc1ccco1)c1cc(-c2cc(Cl)cc(Cl)c2)n[nH]1. The summed E-state index contributed by atoms with van der Waals surface area (Å²) in [6.07, 6.45) is 2.91. The minimum atomic E-state index is -0.431. The lowest BCUT2D eigenvalue weighted by molar-refractivity contribution is 0.0950. The lowest BCUT2D eigenvalue weighted by atomic mass is 10.1. The Morgan fingerprint density at radius 1 is 1.26 bits per heavy atom. The second-order valence-electron chi connectivity index (χ2n) is 4.54. The van der Waals surface area contributed by atoms with Gasteiger partial charge in [0, 0.05) is 15.6 Å². The van der Waals surface area contributed by atoms with E-state index in [1.165, 1.54) is 12.5 Å². The summed E-state index contributed by atoms with van der Waals surface area (Å²) in [5.41, 5.74) is 3.89. The van der Waals surface area contributed by atoms with Gasteiger partial charge in [-0.1, -0.05) is 23.2 Å². The van der Waals surface area contributed by atoms with Crippen LogP contribution in [0.4, 0.5) is 0 Å². The molecule has 0 aliphatic heterocycles. The second-order valence-corrected chi connectivity index (χ2v) is 5.41. The summed E-state index contributed by atoms with van der Waals surface area (Å²) in [4.78, 5) is 12.0. The summed E-state index contributed by atoms with van der Waals surface area (Å²) in [6, 6.07) is 10.1. The number of benzene rings is 1. The number of aromatic amines is 1. The van der Waals surface area contributed by atoms with E-state index in [9.17, 15) is 4.79 Å². The third kappa shape index (κ3) is 3.80. The average Bonchev–Trinajstić information content (AvgIpc) is 3.18. The molecule has 2 heterocycles. The zero-order valence-corrected chi connectivity index (χ0v) is 13.1. The topological polar surface area (TPSA) is 83.3 Å². The third-order valence-electron chi connectivity index (χ3n) is 2.88. The van der Waals surface area contributed by atoms with Crippen molar-refractivity contribution in [2.24, 2.45) is 5.10 Å². The number of H-pyrrole nitrogens is 1. The first-order valence-electron chi connectivity index (χ1n) is 6.50. The summed E-state index contributed by atoms with van der Waals surface area (Å²) in [6.45, 7) is 0. The molecule has 0 atom stereocenters. The molecule has 0 unspecified atom stereocenters. The number of carbonyl (C=O) groups excluding carboxylic acids is 1. The van der Waals surface area contributed by atoms with Crippen LogP contribution in [0.25, 0.3) is 11.3 Å². The van der Waals surface area contributed by atoms with Crippen molar-refractivity contribution >= 4 is 35.3 Å². The van der Waals surface area contributed by atoms with E-state index < -0.39 is 5.91 Å². The van der Waals surface area contributed by atoms with Gasteiger partial charge in [0.25, 0.3) is 5.91 Å². The number of hydrogen-bond donors (Lipinski definition) is 2. The molecule has 2 N–H and O–H groups in total. The molecule has 3 rings (SSSR count). The van der Waals surface area contributed by atoms with E-state index in [4.69, 9.17) is 27.6 Å². The predicted molar refractivity (Wildman–Crippen MR) is 87.8 cm³/mol. The van der Waals surface area contributed by atoms with Crippen molar-refractivity contribution in [2.75, 3.05) is 0 Å². The van der Waals surface area contributed by atoms with Gasteiger partial charge in [0.15, 0.2) is 0 Å². The Morgan fingerprint density at radius 3 is 2.74 bits per heavy atom. The summed E-state index contributed by atoms with van der Waals surface area (Å²) < 4.78 is 5.06. The summed E-state index contributed by atoms with van der Waals surface area (Å²) in [5.74, 6) is 0.101. The zero-order chi connectivity index (χ0) is 16.2. The molecule has 1 amide bonds. The van der Waals surface area contributed by atoms with Gasteiger partial charge in [-0.2, -0.15) is 10.2 Å². The molecule has 6 nitrogen and oxygen atoms in total. The smallest absolute Gasteiger partial charge is 0.289 e. The summed E-state index contributed by atoms with van der Waals surface area (Å²) in [7, 11) is 0. The lowest BCUT2D eigenvalue weighted by Crippen LogP contribution is -2.17. The molecule has 0 fully saturated rings. The molecule has 0 aliphatic rings. The van der Waals surface area contributed by atoms with Gasteiger partial charge in [-0.05, 0) is 36.4 Å². The first-order valence-corrected chi connectivity index (χ1v) is 7.26. The highest BCUT2D eigenvalue weighted by Gasteiger charge is 2.11. The minimum Gasteiger partial charge on any atom is -0.463 e. The standard InChI is InChI=1S/C15H10Cl2N4O2/c16-10-4-9(5-11(17)6-10)13-7-14(20-19-13)15(22)21-18-8-12-2-1-3-23-12/h1-8H,(H,19,20)(H,21,22). The van der Waals surface area contributed by atoms with Crippen molar-refractivity contribution < 1.29 is 9.21 Å². The van der Waals surface area contributed by atoms with E-state index in [-0.39, 0.29) is 5.69 Å². The van der Waals surface area contributed by atoms with E-state index in [0.29, 0.717) is 27.1 Å². The van der Waals surface area contributed by atoms with E-state index >= 15 is 0 Å². The number of aromatic nitrogens is 2. The normalized spacial score (nSPS) is 11.0. The van der Waals surface area contributed by atoms with Gasteiger partial charge in [-0.3, -0.25) is 9.89 Å². The second kappa shape index (κ2) is 6.68. The van der Waals surface area contributed by atoms with Gasteiger partial charge in [0.1, 0.15) is 11.5 Å². The van der Waals surface area contributed by atoms with Crippen molar-refractivity contribution in [1.29, 1.82) is 0 Å². The van der Waals surface area contributed by atoms with Crippen LogP contribution in [0.2, 0.25) is 10.0 Å². The Kier molecular flexibility index (Phi) is 4.45. The fourth-order valence-corrected chi connectivity index (χ4v) is 2.39. The number of amides is 1. The van der Waals surface area contributed by atoms with Crippen molar-refractivity contribution in [1.82, 2.24) is 15.6 Å². The van der Waals surface area contributed by atoms with Crippen molar-refractivity contribution in [3.63, 3.8) is 0 Å². The predicted octanol–water partition coefficient (Wildman–Crippen LogP) is 3.74. The van der Waals surface area contributed by atoms with Crippen molar-refractivity contribution in [2.45, 2.75) is 0 Å². The third-order valence-corrected chi connectivity index (χ3v) is 3.32. The van der Waals surface area contributed by atoms with Gasteiger partial charge >= 0.3 is 0 Å². The quantitative estimate of drug-likeness (QED) is 0.556. The van der Waals surface area contributed by atoms with Crippen LogP contribution >= 0.6 is 23.2 Å². The van der Waals surface area contributed by atoms with Crippen LogP contribution in [0.3, 0.4) is 0 Å². The zero-order valence-electron chi connectivity index (χ0n) is 11.6. The highest BCUT2D eigenvalue weighted by atomic mass is 35.5. The molecule has 0 spiro atoms. The molecule has 0 bridgehead atoms. The number of furan rings is 1. The molecule has 0 radical (unpaired) electrons. The maximum absolute atomic E-state index is 12.0. The Bertz CT molecular complexity index is 836. The monoisotopic (exact) mass is 348 g/mol. The summed E-state index contributed by atoms with van der Waals surface area (Å²) in [5, 5.41) is 11.5. The van der Waals surface area contributed by atoms with Gasteiger partial charge in [-0.15, -0.1) is 0 Å². The van der Waals surface area contributed by atoms with Crippen LogP contribution in [-0.4, -0.2) is 22.3 Å². The van der Waals surface area contributed by atoms with Gasteiger partial charge in [-0.25, -0.2) is 5.43 Å². The Morgan fingerprint density at radius 2 is 2.04 bits per heavy atom. The van der Waals surface area contributed by atoms with Crippen LogP contribution in [-0.2, 0) is 0 Å². The number of hydrazone groups is 1. The van der Waals surface area contributed by atoms with Crippen LogP contribution in [0.5, 0.6) is 0 Å². The van der Waals surface area contributed by atoms with Crippen LogP contribution < -0.4 is 5.43 Å². The van der Waals surface area contributed by atoms with Crippen molar-refractivity contribution in [3.05, 3.63) is 64.2 Å². The number of nitrogens with one attached hydrogen (secondary N) is 2. The lowest BCUT2D eigenvalue weighted by Gasteiger charge is -1.98. The number of halogens is 2. The molecule has 2 aromatic heterocycles. The molecule has 3 aromatic rings. The molecule has 0 saturated heterocycles. The molecule has 8 heteroatoms. The van der Waals surface area contributed by atoms with Crippen molar-refractivity contribution in [3.8, 4) is 11.3 Å². The molecular formula is C15H10Cl2N4O2. The molecule has 1 aromatic carbocycles.